The first-order valence-corrected chi connectivity index (χ1v) is 15.0. The number of nitrogens with one attached hydrogen (secondary N) is 4. The fourth-order valence-corrected chi connectivity index (χ4v) is 4.02. The van der Waals surface area contributed by atoms with Crippen LogP contribution in [-0.2, 0) is 20.2 Å². The molecule has 0 unspecified atom stereocenters. The zero-order valence-corrected chi connectivity index (χ0v) is 23.8. The number of urea groups is 2. The Hall–Kier alpha value is -4.30. The molecule has 12 nitrogen and oxygen atoms in total. The Balaban J connectivity index is 1.48. The maximum atomic E-state index is 12.3. The third-order valence-electron chi connectivity index (χ3n) is 5.20. The largest absolute Gasteiger partial charge is 0.382 e. The van der Waals surface area contributed by atoms with Crippen LogP contribution in [0.15, 0.2) is 72.8 Å². The van der Waals surface area contributed by atoms with Crippen molar-refractivity contribution in [1.82, 2.24) is 0 Å². The lowest BCUT2D eigenvalue weighted by atomic mass is 10.2. The van der Waals surface area contributed by atoms with Crippen molar-refractivity contribution in [3.8, 4) is 11.5 Å². The molecule has 0 fully saturated rings. The molecule has 3 rings (SSSR count). The van der Waals surface area contributed by atoms with E-state index in [9.17, 15) is 26.4 Å². The van der Waals surface area contributed by atoms with E-state index in [4.69, 9.17) is 8.37 Å². The Bertz CT molecular complexity index is 1420. The van der Waals surface area contributed by atoms with Gasteiger partial charge in [-0.05, 0) is 100 Å². The lowest BCUT2D eigenvalue weighted by Gasteiger charge is -2.12. The topological polar surface area (TPSA) is 169 Å². The predicted molar refractivity (Wildman–Crippen MR) is 154 cm³/mol. The van der Waals surface area contributed by atoms with Crippen molar-refractivity contribution in [1.29, 1.82) is 0 Å². The third kappa shape index (κ3) is 8.88. The molecule has 14 heteroatoms. The maximum absolute atomic E-state index is 12.3. The van der Waals surface area contributed by atoms with Gasteiger partial charge in [0.15, 0.2) is 0 Å². The Morgan fingerprint density at radius 3 is 0.950 bits per heavy atom. The van der Waals surface area contributed by atoms with Crippen LogP contribution in [0, 0.1) is 0 Å². The van der Waals surface area contributed by atoms with Crippen molar-refractivity contribution >= 4 is 55.0 Å². The van der Waals surface area contributed by atoms with Crippen molar-refractivity contribution in [3.05, 3.63) is 72.8 Å². The number of carbonyl (C=O) groups excluding carboxylic acids is 2. The van der Waals surface area contributed by atoms with Gasteiger partial charge < -0.3 is 29.6 Å². The second-order valence-electron chi connectivity index (χ2n) is 9.03. The summed E-state index contributed by atoms with van der Waals surface area (Å²) in [6, 6.07) is 17.0. The molecule has 0 spiro atoms. The quantitative estimate of drug-likeness (QED) is 0.233. The average Bonchev–Trinajstić information content (AvgIpc) is 2.87. The molecule has 40 heavy (non-hydrogen) atoms. The van der Waals surface area contributed by atoms with E-state index in [1.807, 2.05) is 0 Å². The molecule has 0 bridgehead atoms. The molecule has 4 amide bonds. The molecule has 4 N–H and O–H groups in total. The molecule has 0 aliphatic heterocycles. The summed E-state index contributed by atoms with van der Waals surface area (Å²) >= 11 is 0. The summed E-state index contributed by atoms with van der Waals surface area (Å²) in [5, 5.41) is 9.16. The number of carbonyl (C=O) groups is 2. The van der Waals surface area contributed by atoms with E-state index >= 15 is 0 Å². The van der Waals surface area contributed by atoms with E-state index in [-0.39, 0.29) is 11.5 Å². The minimum Gasteiger partial charge on any atom is -0.382 e. The SMILES string of the molecule is CC(C)S(=O)(=O)Oc1ccc(NC(=O)Nc2ccc(NC(=O)Nc3ccc(OS(=O)(=O)C(C)C)cc3)cc2)cc1. The summed E-state index contributed by atoms with van der Waals surface area (Å²) in [6.07, 6.45) is 0. The molecule has 0 saturated carbocycles. The molecule has 0 radical (unpaired) electrons. The summed E-state index contributed by atoms with van der Waals surface area (Å²) in [6.45, 7) is 6.04. The molecule has 3 aromatic rings. The first-order valence-electron chi connectivity index (χ1n) is 12.1. The standard InChI is InChI=1S/C26H30N4O8S2/c1-17(2)39(33,34)37-23-13-9-21(10-14-23)29-25(31)27-19-5-7-20(8-6-19)28-26(32)30-22-11-15-24(16-12-22)38-40(35,36)18(3)4/h5-18H,1-4H3,(H2,27,29,31)(H2,28,30,32). The van der Waals surface area contributed by atoms with Crippen LogP contribution in [0.3, 0.4) is 0 Å². The minimum atomic E-state index is -3.72. The lowest BCUT2D eigenvalue weighted by Crippen LogP contribution is -2.21. The molecule has 0 heterocycles. The number of benzene rings is 3. The van der Waals surface area contributed by atoms with E-state index in [1.54, 1.807) is 24.3 Å². The third-order valence-corrected chi connectivity index (χ3v) is 8.36. The summed E-state index contributed by atoms with van der Waals surface area (Å²) in [5.74, 6) is 0.268. The monoisotopic (exact) mass is 590 g/mol. The summed E-state index contributed by atoms with van der Waals surface area (Å²) in [4.78, 5) is 24.6. The number of hydrogen-bond donors (Lipinski definition) is 4. The van der Waals surface area contributed by atoms with E-state index in [2.05, 4.69) is 21.3 Å². The van der Waals surface area contributed by atoms with Gasteiger partial charge in [-0.15, -0.1) is 0 Å². The summed E-state index contributed by atoms with van der Waals surface area (Å²) < 4.78 is 57.4. The maximum Gasteiger partial charge on any atom is 0.323 e. The number of hydrogen-bond acceptors (Lipinski definition) is 8. The molecule has 214 valence electrons. The second kappa shape index (κ2) is 12.7. The second-order valence-corrected chi connectivity index (χ2v) is 13.2. The predicted octanol–water partition coefficient (Wildman–Crippen LogP) is 5.21. The van der Waals surface area contributed by atoms with Crippen molar-refractivity contribution < 1.29 is 34.8 Å². The van der Waals surface area contributed by atoms with Crippen LogP contribution >= 0.6 is 0 Å². The van der Waals surface area contributed by atoms with Gasteiger partial charge in [-0.3, -0.25) is 0 Å². The Morgan fingerprint density at radius 2 is 0.725 bits per heavy atom. The number of amides is 4. The summed E-state index contributed by atoms with van der Waals surface area (Å²) in [7, 11) is -7.43. The van der Waals surface area contributed by atoms with Gasteiger partial charge >= 0.3 is 32.3 Å². The zero-order valence-electron chi connectivity index (χ0n) is 22.2. The molecular weight excluding hydrogens is 560 g/mol. The van der Waals surface area contributed by atoms with Crippen molar-refractivity contribution in [3.63, 3.8) is 0 Å². The molecule has 3 aromatic carbocycles. The average molecular weight is 591 g/mol. The van der Waals surface area contributed by atoms with Crippen molar-refractivity contribution in [2.75, 3.05) is 21.3 Å². The van der Waals surface area contributed by atoms with Gasteiger partial charge in [-0.25, -0.2) is 9.59 Å². The van der Waals surface area contributed by atoms with E-state index in [0.717, 1.165) is 0 Å². The van der Waals surface area contributed by atoms with E-state index in [1.165, 1.54) is 76.2 Å². The Morgan fingerprint density at radius 1 is 0.500 bits per heavy atom. The highest BCUT2D eigenvalue weighted by Crippen LogP contribution is 2.21. The zero-order chi connectivity index (χ0) is 29.5. The van der Waals surface area contributed by atoms with Crippen molar-refractivity contribution in [2.45, 2.75) is 38.2 Å². The smallest absolute Gasteiger partial charge is 0.323 e. The Kier molecular flexibility index (Phi) is 9.60. The van der Waals surface area contributed by atoms with Gasteiger partial charge in [-0.2, -0.15) is 16.8 Å². The molecule has 0 saturated heterocycles. The van der Waals surface area contributed by atoms with Gasteiger partial charge in [0, 0.05) is 22.7 Å². The van der Waals surface area contributed by atoms with E-state index in [0.29, 0.717) is 22.7 Å². The number of anilines is 4. The molecule has 0 aliphatic rings. The fraction of sp³-hybridized carbons (Fsp3) is 0.231. The fourth-order valence-electron chi connectivity index (χ4n) is 2.87. The van der Waals surface area contributed by atoms with Crippen LogP contribution in [-0.4, -0.2) is 39.4 Å². The van der Waals surface area contributed by atoms with Gasteiger partial charge in [0.25, 0.3) is 0 Å². The van der Waals surface area contributed by atoms with Crippen LogP contribution in [0.25, 0.3) is 0 Å². The molecule has 0 aliphatic carbocycles. The normalized spacial score (nSPS) is 11.6. The molecular formula is C26H30N4O8S2. The van der Waals surface area contributed by atoms with Crippen molar-refractivity contribution in [2.24, 2.45) is 0 Å². The van der Waals surface area contributed by atoms with Crippen LogP contribution in [0.4, 0.5) is 32.3 Å². The highest BCUT2D eigenvalue weighted by atomic mass is 32.2. The van der Waals surface area contributed by atoms with Crippen LogP contribution in [0.5, 0.6) is 11.5 Å². The highest BCUT2D eigenvalue weighted by Gasteiger charge is 2.19. The molecule has 0 aromatic heterocycles. The first-order chi connectivity index (χ1) is 18.7. The van der Waals surface area contributed by atoms with Crippen LogP contribution in [0.2, 0.25) is 0 Å². The van der Waals surface area contributed by atoms with Gasteiger partial charge in [0.2, 0.25) is 0 Å². The first kappa shape index (κ1) is 30.2. The molecule has 0 atom stereocenters. The Labute approximate surface area is 233 Å². The van der Waals surface area contributed by atoms with Gasteiger partial charge in [0.1, 0.15) is 11.5 Å². The highest BCUT2D eigenvalue weighted by molar-refractivity contribution is 7.87. The van der Waals surface area contributed by atoms with Gasteiger partial charge in [-0.1, -0.05) is 0 Å². The van der Waals surface area contributed by atoms with E-state index < -0.39 is 42.8 Å². The lowest BCUT2D eigenvalue weighted by molar-refractivity contribution is 0.261. The van der Waals surface area contributed by atoms with Crippen LogP contribution < -0.4 is 29.6 Å². The minimum absolute atomic E-state index is 0.134. The number of rotatable bonds is 10. The summed E-state index contributed by atoms with van der Waals surface area (Å²) in [5.41, 5.74) is 1.75. The van der Waals surface area contributed by atoms with Gasteiger partial charge in [0.05, 0.1) is 10.5 Å². The van der Waals surface area contributed by atoms with Crippen LogP contribution in [0.1, 0.15) is 27.7 Å².